The Kier molecular flexibility index (Phi) is 7.95. The van der Waals surface area contributed by atoms with Crippen LogP contribution in [-0.2, 0) is 20.7 Å². The number of aromatic nitrogens is 4. The van der Waals surface area contributed by atoms with E-state index in [1.807, 2.05) is 111 Å². The fourth-order valence-corrected chi connectivity index (χ4v) is 10.7. The number of hydrogen-bond acceptors (Lipinski definition) is 6. The molecule has 10 rings (SSSR count). The molecule has 10 nitrogen and oxygen atoms in total. The monoisotopic (exact) mass is 742 g/mol. The molecule has 4 bridgehead atoms. The molecule has 6 heterocycles. The second-order valence-electron chi connectivity index (χ2n) is 16.3. The van der Waals surface area contributed by atoms with Crippen LogP contribution in [0.25, 0.3) is 11.1 Å². The number of carbonyl (C=O) groups excluding carboxylic acids is 2. The summed E-state index contributed by atoms with van der Waals surface area (Å²) in [5.41, 5.74) is 7.03. The number of likely N-dealkylation sites (N-methyl/N-ethyl adjacent to an activating group) is 2. The van der Waals surface area contributed by atoms with Gasteiger partial charge in [0.2, 0.25) is 11.8 Å². The summed E-state index contributed by atoms with van der Waals surface area (Å²) in [7, 11) is 7.89. The van der Waals surface area contributed by atoms with E-state index in [1.54, 1.807) is 0 Å². The van der Waals surface area contributed by atoms with Crippen molar-refractivity contribution >= 4 is 11.8 Å². The van der Waals surface area contributed by atoms with E-state index in [1.165, 1.54) is 0 Å². The lowest BCUT2D eigenvalue weighted by atomic mass is 9.76. The van der Waals surface area contributed by atoms with Crippen LogP contribution in [0.4, 0.5) is 0 Å². The zero-order valence-electron chi connectivity index (χ0n) is 32.2. The summed E-state index contributed by atoms with van der Waals surface area (Å²) in [5, 5.41) is 0. The predicted octanol–water partition coefficient (Wildman–Crippen LogP) is 6.55. The third-order valence-corrected chi connectivity index (χ3v) is 13.1. The zero-order chi connectivity index (χ0) is 38.3. The van der Waals surface area contributed by atoms with Crippen LogP contribution in [0.1, 0.15) is 82.1 Å². The van der Waals surface area contributed by atoms with E-state index in [9.17, 15) is 9.59 Å². The number of H-pyrrole nitrogens is 2. The normalized spacial score (nSPS) is 24.2. The average molecular weight is 743 g/mol. The number of fused-ring (bicyclic) bond motifs is 10. The fourth-order valence-electron chi connectivity index (χ4n) is 10.7. The maximum Gasteiger partial charge on any atom is 0.245 e. The summed E-state index contributed by atoms with van der Waals surface area (Å²) in [6, 6.07) is 36.7. The van der Waals surface area contributed by atoms with Gasteiger partial charge in [0.25, 0.3) is 0 Å². The molecule has 0 aliphatic carbocycles. The van der Waals surface area contributed by atoms with Gasteiger partial charge in [-0.05, 0) is 74.4 Å². The lowest BCUT2D eigenvalue weighted by Gasteiger charge is -2.42. The van der Waals surface area contributed by atoms with E-state index in [0.717, 1.165) is 69.3 Å². The first kappa shape index (κ1) is 34.6. The summed E-state index contributed by atoms with van der Waals surface area (Å²) < 4.78 is 0. The van der Waals surface area contributed by atoms with Crippen molar-refractivity contribution in [2.75, 3.05) is 41.3 Å². The molecule has 56 heavy (non-hydrogen) atoms. The minimum Gasteiger partial charge on any atom is -0.343 e. The number of nitrogens with zero attached hydrogens (tertiary/aromatic N) is 6. The highest BCUT2D eigenvalue weighted by atomic mass is 16.2. The molecule has 2 fully saturated rings. The summed E-state index contributed by atoms with van der Waals surface area (Å²) in [4.78, 5) is 54.3. The number of rotatable bonds is 9. The molecule has 282 valence electrons. The highest BCUT2D eigenvalue weighted by Gasteiger charge is 2.62. The summed E-state index contributed by atoms with van der Waals surface area (Å²) in [5.74, 6) is 2.06. The molecule has 0 saturated carbocycles. The first-order chi connectivity index (χ1) is 27.2. The van der Waals surface area contributed by atoms with Crippen molar-refractivity contribution in [1.82, 2.24) is 39.5 Å². The van der Waals surface area contributed by atoms with Crippen LogP contribution >= 0.6 is 0 Å². The molecule has 2 unspecified atom stereocenters. The zero-order valence-corrected chi connectivity index (χ0v) is 32.2. The van der Waals surface area contributed by atoms with Gasteiger partial charge >= 0.3 is 0 Å². The largest absolute Gasteiger partial charge is 0.343 e. The van der Waals surface area contributed by atoms with Crippen LogP contribution in [0.5, 0.6) is 0 Å². The van der Waals surface area contributed by atoms with Gasteiger partial charge < -0.3 is 19.8 Å². The maximum absolute atomic E-state index is 14.7. The summed E-state index contributed by atoms with van der Waals surface area (Å²) in [6.45, 7) is 1.31. The van der Waals surface area contributed by atoms with E-state index in [-0.39, 0.29) is 23.7 Å². The van der Waals surface area contributed by atoms with E-state index < -0.39 is 23.2 Å². The molecule has 10 heteroatoms. The lowest BCUT2D eigenvalue weighted by Crippen LogP contribution is -2.51. The molecule has 0 spiro atoms. The van der Waals surface area contributed by atoms with Gasteiger partial charge in [0.1, 0.15) is 34.8 Å². The topological polar surface area (TPSA) is 104 Å². The first-order valence-electron chi connectivity index (χ1n) is 19.6. The highest BCUT2D eigenvalue weighted by molar-refractivity contribution is 5.86. The van der Waals surface area contributed by atoms with Crippen LogP contribution in [0.15, 0.2) is 122 Å². The van der Waals surface area contributed by atoms with E-state index in [0.29, 0.717) is 13.1 Å². The first-order valence-corrected chi connectivity index (χ1v) is 19.6. The van der Waals surface area contributed by atoms with E-state index >= 15 is 0 Å². The number of imidazole rings is 2. The number of hydrogen-bond donors (Lipinski definition) is 2. The molecule has 2 aromatic heterocycles. The van der Waals surface area contributed by atoms with E-state index in [4.69, 9.17) is 9.97 Å². The van der Waals surface area contributed by atoms with Crippen molar-refractivity contribution in [3.05, 3.63) is 167 Å². The Morgan fingerprint density at radius 1 is 0.589 bits per heavy atom. The SMILES string of the molecule is CN(C)[C@H](C(=O)N1CCC2c3cnc([nH]3)[C@@]21c1ccc(-c2ccc([C@]34c5ncc([nH]5)C3CCN4C(=O)[C@H](c3ccccc3)N(C)C)cc2)cc1)c1ccccc1. The average Bonchev–Trinajstić information content (AvgIpc) is 4.07. The summed E-state index contributed by atoms with van der Waals surface area (Å²) in [6.07, 6.45) is 5.59. The molecule has 0 radical (unpaired) electrons. The van der Waals surface area contributed by atoms with Crippen LogP contribution in [0, 0.1) is 0 Å². The van der Waals surface area contributed by atoms with E-state index in [2.05, 4.69) is 68.3 Å². The van der Waals surface area contributed by atoms with Gasteiger partial charge in [-0.2, -0.15) is 0 Å². The number of aromatic amines is 2. The van der Waals surface area contributed by atoms with Gasteiger partial charge in [-0.3, -0.25) is 19.4 Å². The molecule has 4 aliphatic rings. The predicted molar refractivity (Wildman–Crippen MR) is 214 cm³/mol. The fraction of sp³-hybridized carbons (Fsp3) is 0.304. The number of carbonyl (C=O) groups is 2. The van der Waals surface area contributed by atoms with Crippen molar-refractivity contribution < 1.29 is 9.59 Å². The Balaban J connectivity index is 0.979. The van der Waals surface area contributed by atoms with Crippen molar-refractivity contribution in [2.24, 2.45) is 0 Å². The third-order valence-electron chi connectivity index (χ3n) is 13.1. The van der Waals surface area contributed by atoms with Gasteiger partial charge in [-0.25, -0.2) is 9.97 Å². The molecule has 6 aromatic rings. The molecular weight excluding hydrogens is 697 g/mol. The Labute approximate surface area is 327 Å². The molecule has 2 N–H and O–H groups in total. The van der Waals surface area contributed by atoms with Crippen LogP contribution in [0.2, 0.25) is 0 Å². The molecule has 2 saturated heterocycles. The molecule has 6 atom stereocenters. The van der Waals surface area contributed by atoms with Crippen molar-refractivity contribution in [1.29, 1.82) is 0 Å². The Morgan fingerprint density at radius 2 is 0.964 bits per heavy atom. The van der Waals surface area contributed by atoms with Crippen molar-refractivity contribution in [3.8, 4) is 11.1 Å². The quantitative estimate of drug-likeness (QED) is 0.174. The summed E-state index contributed by atoms with van der Waals surface area (Å²) >= 11 is 0. The lowest BCUT2D eigenvalue weighted by molar-refractivity contribution is -0.141. The molecule has 4 aliphatic heterocycles. The van der Waals surface area contributed by atoms with Gasteiger partial charge in [0.15, 0.2) is 0 Å². The van der Waals surface area contributed by atoms with Gasteiger partial charge in [0.05, 0.1) is 0 Å². The minimum absolute atomic E-state index is 0.0780. The van der Waals surface area contributed by atoms with Crippen molar-refractivity contribution in [3.63, 3.8) is 0 Å². The number of amides is 2. The second kappa shape index (κ2) is 12.9. The Hall–Kier alpha value is -5.84. The maximum atomic E-state index is 14.7. The molecule has 2 amide bonds. The Morgan fingerprint density at radius 3 is 1.32 bits per heavy atom. The van der Waals surface area contributed by atoms with Crippen LogP contribution < -0.4 is 0 Å². The molecular formula is C46H46N8O2. The van der Waals surface area contributed by atoms with Gasteiger partial charge in [0, 0.05) is 48.7 Å². The Bertz CT molecular complexity index is 2250. The van der Waals surface area contributed by atoms with Crippen LogP contribution in [0.3, 0.4) is 0 Å². The number of benzene rings is 4. The van der Waals surface area contributed by atoms with Crippen LogP contribution in [-0.4, -0.2) is 92.6 Å². The number of nitrogens with one attached hydrogen (secondary N) is 2. The van der Waals surface area contributed by atoms with Gasteiger partial charge in [-0.1, -0.05) is 109 Å². The molecule has 4 aromatic carbocycles. The second-order valence-corrected chi connectivity index (χ2v) is 16.3. The van der Waals surface area contributed by atoms with Crippen molar-refractivity contribution in [2.45, 2.75) is 47.8 Å². The number of likely N-dealkylation sites (tertiary alicyclic amines) is 2. The smallest absolute Gasteiger partial charge is 0.245 e. The minimum atomic E-state index is -0.687. The van der Waals surface area contributed by atoms with Gasteiger partial charge in [-0.15, -0.1) is 0 Å². The standard InChI is InChI=1S/C46H46N8O2/c1-51(2)39(31-11-7-5-8-12-31)41(55)53-25-23-35-37-27-47-43(49-37)45(35,53)33-19-15-29(16-20-33)30-17-21-34(22-18-30)46-36(38-28-48-44(46)50-38)24-26-54(46)42(56)40(52(3)4)32-13-9-6-10-14-32/h5-22,27-28,35-36,39-40H,23-26H2,1-4H3,(H,47,49)(H,48,50)/t35?,36?,39-,40-,45+,46+/m0/s1. The highest BCUT2D eigenvalue weighted by Crippen LogP contribution is 2.58. The third kappa shape index (κ3) is 4.75.